The molecule has 0 bridgehead atoms. The summed E-state index contributed by atoms with van der Waals surface area (Å²) < 4.78 is 10.2. The van der Waals surface area contributed by atoms with E-state index in [2.05, 4.69) is 11.8 Å². The predicted molar refractivity (Wildman–Crippen MR) is 61.1 cm³/mol. The van der Waals surface area contributed by atoms with Gasteiger partial charge in [-0.15, -0.1) is 0 Å². The molecule has 0 saturated heterocycles. The maximum Gasteiger partial charge on any atom is 0.0700 e. The normalized spacial score (nSPS) is 11.2. The fourth-order valence-electron chi connectivity index (χ4n) is 1.43. The van der Waals surface area contributed by atoms with Gasteiger partial charge in [0.2, 0.25) is 0 Å². The Bertz CT molecular complexity index is 116. The summed E-state index contributed by atoms with van der Waals surface area (Å²) in [5.41, 5.74) is 0. The molecule has 0 unspecified atom stereocenters. The van der Waals surface area contributed by atoms with E-state index in [1.54, 1.807) is 7.11 Å². The molecule has 0 heterocycles. The van der Waals surface area contributed by atoms with Gasteiger partial charge in [0.25, 0.3) is 0 Å². The Morgan fingerprint density at radius 1 is 1.07 bits per heavy atom. The van der Waals surface area contributed by atoms with Crippen molar-refractivity contribution in [3.8, 4) is 0 Å². The van der Waals surface area contributed by atoms with Gasteiger partial charge in [0.1, 0.15) is 0 Å². The first kappa shape index (κ1) is 14.8. The monoisotopic (exact) mass is 219 g/mol. The minimum absolute atomic E-state index is 0.241. The van der Waals surface area contributed by atoms with Gasteiger partial charge in [-0.1, -0.05) is 6.92 Å². The molecule has 0 aliphatic carbocycles. The number of aliphatic hydroxyl groups excluding tert-OH is 1. The highest BCUT2D eigenvalue weighted by molar-refractivity contribution is 4.55. The van der Waals surface area contributed by atoms with Gasteiger partial charge >= 0.3 is 0 Å². The molecule has 4 heteroatoms. The van der Waals surface area contributed by atoms with E-state index in [0.717, 1.165) is 39.1 Å². The van der Waals surface area contributed by atoms with Crippen LogP contribution in [0.2, 0.25) is 0 Å². The Balaban J connectivity index is 3.28. The Kier molecular flexibility index (Phi) is 11.8. The van der Waals surface area contributed by atoms with Crippen LogP contribution in [0.3, 0.4) is 0 Å². The average Bonchev–Trinajstić information content (AvgIpc) is 2.24. The fourth-order valence-corrected chi connectivity index (χ4v) is 1.43. The van der Waals surface area contributed by atoms with Gasteiger partial charge < -0.3 is 19.5 Å². The van der Waals surface area contributed by atoms with Gasteiger partial charge in [0, 0.05) is 26.8 Å². The van der Waals surface area contributed by atoms with Gasteiger partial charge in [-0.3, -0.25) is 0 Å². The SMILES string of the molecule is CCCN(CCO)CCCOCCOC. The highest BCUT2D eigenvalue weighted by atomic mass is 16.5. The van der Waals surface area contributed by atoms with Crippen LogP contribution in [0.5, 0.6) is 0 Å². The first-order valence-corrected chi connectivity index (χ1v) is 5.75. The van der Waals surface area contributed by atoms with Crippen LogP contribution >= 0.6 is 0 Å². The van der Waals surface area contributed by atoms with Crippen molar-refractivity contribution in [2.75, 3.05) is 53.2 Å². The number of methoxy groups -OCH3 is 1. The lowest BCUT2D eigenvalue weighted by Gasteiger charge is -2.20. The Morgan fingerprint density at radius 2 is 1.87 bits per heavy atom. The maximum absolute atomic E-state index is 8.85. The van der Waals surface area contributed by atoms with E-state index in [1.807, 2.05) is 0 Å². The second kappa shape index (κ2) is 11.9. The molecule has 0 atom stereocenters. The van der Waals surface area contributed by atoms with Crippen LogP contribution in [0.4, 0.5) is 0 Å². The molecule has 0 saturated carbocycles. The smallest absolute Gasteiger partial charge is 0.0700 e. The molecule has 0 amide bonds. The standard InChI is InChI=1S/C11H25NO3/c1-3-5-12(7-8-13)6-4-9-15-11-10-14-2/h13H,3-11H2,1-2H3. The van der Waals surface area contributed by atoms with Crippen LogP contribution in [-0.2, 0) is 9.47 Å². The zero-order valence-corrected chi connectivity index (χ0v) is 10.1. The van der Waals surface area contributed by atoms with Crippen molar-refractivity contribution in [3.05, 3.63) is 0 Å². The number of hydrogen-bond acceptors (Lipinski definition) is 4. The second-order valence-electron chi connectivity index (χ2n) is 3.52. The van der Waals surface area contributed by atoms with Crippen molar-refractivity contribution >= 4 is 0 Å². The molecule has 0 radical (unpaired) electrons. The topological polar surface area (TPSA) is 41.9 Å². The molecular formula is C11H25NO3. The number of rotatable bonds is 11. The van der Waals surface area contributed by atoms with Crippen molar-refractivity contribution < 1.29 is 14.6 Å². The summed E-state index contributed by atoms with van der Waals surface area (Å²) >= 11 is 0. The molecule has 92 valence electrons. The Morgan fingerprint density at radius 3 is 2.47 bits per heavy atom. The lowest BCUT2D eigenvalue weighted by molar-refractivity contribution is 0.0642. The van der Waals surface area contributed by atoms with Crippen LogP contribution in [0.1, 0.15) is 19.8 Å². The molecule has 0 aliphatic heterocycles. The minimum atomic E-state index is 0.241. The second-order valence-corrected chi connectivity index (χ2v) is 3.52. The summed E-state index contributed by atoms with van der Waals surface area (Å²) in [5.74, 6) is 0. The third kappa shape index (κ3) is 10.1. The van der Waals surface area contributed by atoms with Crippen molar-refractivity contribution in [2.45, 2.75) is 19.8 Å². The van der Waals surface area contributed by atoms with E-state index < -0.39 is 0 Å². The lowest BCUT2D eigenvalue weighted by Crippen LogP contribution is -2.29. The van der Waals surface area contributed by atoms with E-state index in [9.17, 15) is 0 Å². The molecule has 0 spiro atoms. The lowest BCUT2D eigenvalue weighted by atomic mass is 10.3. The quantitative estimate of drug-likeness (QED) is 0.521. The van der Waals surface area contributed by atoms with Gasteiger partial charge in [0.05, 0.1) is 19.8 Å². The third-order valence-electron chi connectivity index (χ3n) is 2.15. The molecule has 0 aliphatic rings. The summed E-state index contributed by atoms with van der Waals surface area (Å²) in [5, 5.41) is 8.85. The molecule has 0 aromatic heterocycles. The maximum atomic E-state index is 8.85. The van der Waals surface area contributed by atoms with Crippen molar-refractivity contribution in [1.29, 1.82) is 0 Å². The molecule has 0 aromatic rings. The zero-order valence-electron chi connectivity index (χ0n) is 10.1. The predicted octanol–water partition coefficient (Wildman–Crippen LogP) is 0.744. The van der Waals surface area contributed by atoms with Crippen LogP contribution in [-0.4, -0.2) is 63.2 Å². The summed E-state index contributed by atoms with van der Waals surface area (Å²) in [7, 11) is 1.67. The van der Waals surface area contributed by atoms with Gasteiger partial charge in [-0.25, -0.2) is 0 Å². The first-order valence-electron chi connectivity index (χ1n) is 5.75. The van der Waals surface area contributed by atoms with Crippen molar-refractivity contribution in [1.82, 2.24) is 4.90 Å². The third-order valence-corrected chi connectivity index (χ3v) is 2.15. The summed E-state index contributed by atoms with van der Waals surface area (Å²) in [6.45, 7) is 7.32. The molecule has 4 nitrogen and oxygen atoms in total. The molecule has 0 fully saturated rings. The summed E-state index contributed by atoms with van der Waals surface area (Å²) in [6.07, 6.45) is 2.15. The highest BCUT2D eigenvalue weighted by Gasteiger charge is 2.01. The van der Waals surface area contributed by atoms with E-state index in [1.165, 1.54) is 0 Å². The zero-order chi connectivity index (χ0) is 11.4. The average molecular weight is 219 g/mol. The van der Waals surface area contributed by atoms with Crippen LogP contribution < -0.4 is 0 Å². The first-order chi connectivity index (χ1) is 7.35. The Labute approximate surface area is 93.2 Å². The number of hydrogen-bond donors (Lipinski definition) is 1. The molecular weight excluding hydrogens is 194 g/mol. The molecule has 1 N–H and O–H groups in total. The molecule has 15 heavy (non-hydrogen) atoms. The van der Waals surface area contributed by atoms with Crippen molar-refractivity contribution in [2.24, 2.45) is 0 Å². The summed E-state index contributed by atoms with van der Waals surface area (Å²) in [6, 6.07) is 0. The van der Waals surface area contributed by atoms with Crippen LogP contribution in [0.15, 0.2) is 0 Å². The van der Waals surface area contributed by atoms with Gasteiger partial charge in [-0.05, 0) is 19.4 Å². The van der Waals surface area contributed by atoms with E-state index in [0.29, 0.717) is 13.2 Å². The van der Waals surface area contributed by atoms with Crippen LogP contribution in [0, 0.1) is 0 Å². The van der Waals surface area contributed by atoms with E-state index in [-0.39, 0.29) is 6.61 Å². The summed E-state index contributed by atoms with van der Waals surface area (Å²) in [4.78, 5) is 2.26. The van der Waals surface area contributed by atoms with E-state index in [4.69, 9.17) is 14.6 Å². The Hall–Kier alpha value is -0.160. The minimum Gasteiger partial charge on any atom is -0.395 e. The van der Waals surface area contributed by atoms with Crippen molar-refractivity contribution in [3.63, 3.8) is 0 Å². The molecule has 0 rings (SSSR count). The van der Waals surface area contributed by atoms with Crippen LogP contribution in [0.25, 0.3) is 0 Å². The van der Waals surface area contributed by atoms with Gasteiger partial charge in [-0.2, -0.15) is 0 Å². The fraction of sp³-hybridized carbons (Fsp3) is 1.00. The number of aliphatic hydroxyl groups is 1. The highest BCUT2D eigenvalue weighted by Crippen LogP contribution is 1.94. The number of ether oxygens (including phenoxy) is 2. The van der Waals surface area contributed by atoms with E-state index >= 15 is 0 Å². The largest absolute Gasteiger partial charge is 0.395 e. The number of nitrogens with zero attached hydrogens (tertiary/aromatic N) is 1. The molecule has 0 aromatic carbocycles. The van der Waals surface area contributed by atoms with Gasteiger partial charge in [0.15, 0.2) is 0 Å².